The third-order valence-corrected chi connectivity index (χ3v) is 3.73. The first-order valence-electron chi connectivity index (χ1n) is 8.15. The van der Waals surface area contributed by atoms with Crippen molar-refractivity contribution in [3.63, 3.8) is 0 Å². The van der Waals surface area contributed by atoms with Crippen LogP contribution in [-0.2, 0) is 17.5 Å². The minimum Gasteiger partial charge on any atom is -0.496 e. The summed E-state index contributed by atoms with van der Waals surface area (Å²) in [5.41, 5.74) is -0.0704. The van der Waals surface area contributed by atoms with Crippen molar-refractivity contribution in [2.24, 2.45) is 0 Å². The second kappa shape index (κ2) is 9.07. The van der Waals surface area contributed by atoms with Crippen molar-refractivity contribution < 1.29 is 27.5 Å². The van der Waals surface area contributed by atoms with Crippen LogP contribution in [-0.4, -0.2) is 25.5 Å². The maximum atomic E-state index is 12.7. The molecule has 0 aliphatic heterocycles. The van der Waals surface area contributed by atoms with E-state index >= 15 is 0 Å². The summed E-state index contributed by atoms with van der Waals surface area (Å²) in [6.07, 6.45) is -4.43. The van der Waals surface area contributed by atoms with Crippen LogP contribution in [0.3, 0.4) is 0 Å². The lowest BCUT2D eigenvalue weighted by atomic mass is 10.1. The molecule has 2 aromatic carbocycles. The fourth-order valence-electron chi connectivity index (χ4n) is 2.36. The lowest BCUT2D eigenvalue weighted by Crippen LogP contribution is -2.30. The summed E-state index contributed by atoms with van der Waals surface area (Å²) >= 11 is 0. The first kappa shape index (κ1) is 20.3. The molecule has 0 unspecified atom stereocenters. The van der Waals surface area contributed by atoms with Gasteiger partial charge >= 0.3 is 6.18 Å². The Morgan fingerprint density at radius 1 is 1.04 bits per heavy atom. The van der Waals surface area contributed by atoms with Gasteiger partial charge in [0.2, 0.25) is 5.91 Å². The van der Waals surface area contributed by atoms with Crippen LogP contribution in [0.25, 0.3) is 0 Å². The third-order valence-electron chi connectivity index (χ3n) is 3.73. The number of ether oxygens (including phenoxy) is 1. The molecule has 0 heterocycles. The van der Waals surface area contributed by atoms with Gasteiger partial charge in [-0.15, -0.1) is 0 Å². The Bertz CT molecular complexity index is 807. The first-order chi connectivity index (χ1) is 12.8. The molecule has 5 nitrogen and oxygen atoms in total. The molecule has 0 spiro atoms. The SMILES string of the molecule is COc1ccccc1C(=O)NCCC(=O)NCc1cccc(C(F)(F)F)c1. The summed E-state index contributed by atoms with van der Waals surface area (Å²) in [5.74, 6) is -0.338. The van der Waals surface area contributed by atoms with E-state index in [4.69, 9.17) is 4.74 Å². The largest absolute Gasteiger partial charge is 0.496 e. The van der Waals surface area contributed by atoms with E-state index in [0.717, 1.165) is 12.1 Å². The summed E-state index contributed by atoms with van der Waals surface area (Å²) in [6, 6.07) is 11.4. The number of hydrogen-bond donors (Lipinski definition) is 2. The van der Waals surface area contributed by atoms with E-state index in [1.165, 1.54) is 19.2 Å². The average Bonchev–Trinajstić information content (AvgIpc) is 2.65. The van der Waals surface area contributed by atoms with Gasteiger partial charge in [0.05, 0.1) is 18.2 Å². The maximum Gasteiger partial charge on any atom is 0.416 e. The number of methoxy groups -OCH3 is 1. The summed E-state index contributed by atoms with van der Waals surface area (Å²) in [4.78, 5) is 23.9. The quantitative estimate of drug-likeness (QED) is 0.776. The van der Waals surface area contributed by atoms with Crippen molar-refractivity contribution in [1.29, 1.82) is 0 Å². The molecular weight excluding hydrogens is 361 g/mol. The number of halogens is 3. The normalized spacial score (nSPS) is 11.0. The van der Waals surface area contributed by atoms with E-state index in [9.17, 15) is 22.8 Å². The fourth-order valence-corrected chi connectivity index (χ4v) is 2.36. The van der Waals surface area contributed by atoms with Gasteiger partial charge in [0.25, 0.3) is 5.91 Å². The minimum atomic E-state index is -4.43. The minimum absolute atomic E-state index is 0.000148. The van der Waals surface area contributed by atoms with Gasteiger partial charge in [0.15, 0.2) is 0 Å². The molecule has 0 aliphatic rings. The Morgan fingerprint density at radius 2 is 1.78 bits per heavy atom. The molecule has 0 saturated heterocycles. The number of carbonyl (C=O) groups is 2. The topological polar surface area (TPSA) is 67.4 Å². The number of nitrogens with one attached hydrogen (secondary N) is 2. The van der Waals surface area contributed by atoms with Gasteiger partial charge in [-0.2, -0.15) is 13.2 Å². The molecule has 2 rings (SSSR count). The number of alkyl halides is 3. The van der Waals surface area contributed by atoms with Crippen molar-refractivity contribution in [2.75, 3.05) is 13.7 Å². The number of benzene rings is 2. The van der Waals surface area contributed by atoms with E-state index < -0.39 is 11.7 Å². The van der Waals surface area contributed by atoms with Crippen molar-refractivity contribution in [2.45, 2.75) is 19.1 Å². The van der Waals surface area contributed by atoms with E-state index in [1.807, 2.05) is 0 Å². The van der Waals surface area contributed by atoms with E-state index in [2.05, 4.69) is 10.6 Å². The van der Waals surface area contributed by atoms with Crippen LogP contribution in [0.2, 0.25) is 0 Å². The van der Waals surface area contributed by atoms with Crippen LogP contribution in [0.15, 0.2) is 48.5 Å². The second-order valence-electron chi connectivity index (χ2n) is 5.68. The molecule has 0 aromatic heterocycles. The van der Waals surface area contributed by atoms with E-state index in [-0.39, 0.29) is 31.3 Å². The zero-order valence-electron chi connectivity index (χ0n) is 14.6. The Balaban J connectivity index is 1.79. The lowest BCUT2D eigenvalue weighted by Gasteiger charge is -2.10. The van der Waals surface area contributed by atoms with Gasteiger partial charge in [-0.25, -0.2) is 0 Å². The smallest absolute Gasteiger partial charge is 0.416 e. The molecular formula is C19H19F3N2O3. The molecule has 2 N–H and O–H groups in total. The highest BCUT2D eigenvalue weighted by atomic mass is 19.4. The van der Waals surface area contributed by atoms with Gasteiger partial charge in [-0.1, -0.05) is 24.3 Å². The summed E-state index contributed by atoms with van der Waals surface area (Å²) in [6.45, 7) is 0.0640. The molecule has 0 fully saturated rings. The number of para-hydroxylation sites is 1. The summed E-state index contributed by atoms with van der Waals surface area (Å²) in [5, 5.41) is 5.13. The number of hydrogen-bond acceptors (Lipinski definition) is 3. The van der Waals surface area contributed by atoms with Gasteiger partial charge in [-0.3, -0.25) is 9.59 Å². The van der Waals surface area contributed by atoms with E-state index in [1.54, 1.807) is 24.3 Å². The van der Waals surface area contributed by atoms with Crippen LogP contribution in [0, 0.1) is 0 Å². The molecule has 8 heteroatoms. The number of rotatable bonds is 7. The van der Waals surface area contributed by atoms with Gasteiger partial charge in [0.1, 0.15) is 5.75 Å². The predicted molar refractivity (Wildman–Crippen MR) is 93.2 cm³/mol. The van der Waals surface area contributed by atoms with Crippen LogP contribution in [0.4, 0.5) is 13.2 Å². The van der Waals surface area contributed by atoms with Gasteiger partial charge in [-0.05, 0) is 29.8 Å². The van der Waals surface area contributed by atoms with Crippen molar-refractivity contribution in [1.82, 2.24) is 10.6 Å². The monoisotopic (exact) mass is 380 g/mol. The Hall–Kier alpha value is -3.03. The molecule has 0 aliphatic carbocycles. The molecule has 144 valence electrons. The summed E-state index contributed by atoms with van der Waals surface area (Å²) in [7, 11) is 1.45. The molecule has 0 radical (unpaired) electrons. The van der Waals surface area contributed by atoms with Gasteiger partial charge < -0.3 is 15.4 Å². The molecule has 27 heavy (non-hydrogen) atoms. The van der Waals surface area contributed by atoms with Crippen LogP contribution >= 0.6 is 0 Å². The van der Waals surface area contributed by atoms with Crippen molar-refractivity contribution in [3.05, 3.63) is 65.2 Å². The van der Waals surface area contributed by atoms with Gasteiger partial charge in [0, 0.05) is 19.5 Å². The standard InChI is InChI=1S/C19H19F3N2O3/c1-27-16-8-3-2-7-15(16)18(26)23-10-9-17(25)24-12-13-5-4-6-14(11-13)19(20,21)22/h2-8,11H,9-10,12H2,1H3,(H,23,26)(H,24,25). The molecule has 2 amide bonds. The maximum absolute atomic E-state index is 12.7. The van der Waals surface area contributed by atoms with Crippen molar-refractivity contribution >= 4 is 11.8 Å². The molecule has 2 aromatic rings. The zero-order chi connectivity index (χ0) is 19.9. The van der Waals surface area contributed by atoms with Crippen LogP contribution in [0.5, 0.6) is 5.75 Å². The highest BCUT2D eigenvalue weighted by molar-refractivity contribution is 5.97. The lowest BCUT2D eigenvalue weighted by molar-refractivity contribution is -0.137. The Labute approximate surface area is 154 Å². The molecule has 0 saturated carbocycles. The highest BCUT2D eigenvalue weighted by Gasteiger charge is 2.30. The Morgan fingerprint density at radius 3 is 2.48 bits per heavy atom. The molecule has 0 atom stereocenters. The summed E-state index contributed by atoms with van der Waals surface area (Å²) < 4.78 is 43.1. The molecule has 0 bridgehead atoms. The highest BCUT2D eigenvalue weighted by Crippen LogP contribution is 2.29. The zero-order valence-corrected chi connectivity index (χ0v) is 14.6. The third kappa shape index (κ3) is 6.02. The van der Waals surface area contributed by atoms with Crippen LogP contribution in [0.1, 0.15) is 27.9 Å². The van der Waals surface area contributed by atoms with Crippen LogP contribution < -0.4 is 15.4 Å². The number of carbonyl (C=O) groups excluding carboxylic acids is 2. The number of amides is 2. The van der Waals surface area contributed by atoms with E-state index in [0.29, 0.717) is 16.9 Å². The predicted octanol–water partition coefficient (Wildman–Crippen LogP) is 3.15. The first-order valence-corrected chi connectivity index (χ1v) is 8.15. The fraction of sp³-hybridized carbons (Fsp3) is 0.263. The average molecular weight is 380 g/mol. The second-order valence-corrected chi connectivity index (χ2v) is 5.68. The Kier molecular flexibility index (Phi) is 6.81. The van der Waals surface area contributed by atoms with Crippen molar-refractivity contribution in [3.8, 4) is 5.75 Å².